The molecule has 0 amide bonds. The number of pyridine rings is 1. The molecule has 4 nitrogen and oxygen atoms in total. The smallest absolute Gasteiger partial charge is 0.215 e. The minimum absolute atomic E-state index is 0.146. The molecular weight excluding hydrogens is 178 g/mol. The number of hydrogen-bond donors (Lipinski definition) is 0. The summed E-state index contributed by atoms with van der Waals surface area (Å²) in [5.41, 5.74) is 1.74. The van der Waals surface area contributed by atoms with Crippen LogP contribution < -0.4 is 4.74 Å². The molecule has 74 valence electrons. The van der Waals surface area contributed by atoms with Crippen molar-refractivity contribution in [3.63, 3.8) is 0 Å². The Morgan fingerprint density at radius 1 is 1.36 bits per heavy atom. The Balaban J connectivity index is 2.44. The van der Waals surface area contributed by atoms with Gasteiger partial charge in [0, 0.05) is 13.1 Å². The summed E-state index contributed by atoms with van der Waals surface area (Å²) in [5, 5.41) is 0. The number of imidazole rings is 1. The van der Waals surface area contributed by atoms with Crippen LogP contribution in [0.15, 0.2) is 18.5 Å². The average Bonchev–Trinajstić information content (AvgIpc) is 2.47. The number of aromatic nitrogens is 3. The van der Waals surface area contributed by atoms with Crippen LogP contribution in [0.2, 0.25) is 0 Å². The Labute approximate surface area is 82.5 Å². The monoisotopic (exact) mass is 191 g/mol. The Morgan fingerprint density at radius 3 is 2.86 bits per heavy atom. The van der Waals surface area contributed by atoms with Gasteiger partial charge in [-0.3, -0.25) is 0 Å². The molecule has 2 rings (SSSR count). The highest BCUT2D eigenvalue weighted by molar-refractivity contribution is 5.71. The van der Waals surface area contributed by atoms with Crippen molar-refractivity contribution >= 4 is 11.2 Å². The van der Waals surface area contributed by atoms with Gasteiger partial charge >= 0.3 is 0 Å². The quantitative estimate of drug-likeness (QED) is 0.726. The molecule has 0 aliphatic heterocycles. The van der Waals surface area contributed by atoms with Crippen molar-refractivity contribution in [1.82, 2.24) is 14.5 Å². The van der Waals surface area contributed by atoms with E-state index < -0.39 is 0 Å². The van der Waals surface area contributed by atoms with Crippen LogP contribution in [0.5, 0.6) is 5.88 Å². The molecule has 0 radical (unpaired) electrons. The van der Waals surface area contributed by atoms with E-state index in [0.717, 1.165) is 11.2 Å². The molecule has 0 N–H and O–H groups in total. The summed E-state index contributed by atoms with van der Waals surface area (Å²) in [6.07, 6.45) is 1.89. The van der Waals surface area contributed by atoms with Gasteiger partial charge in [-0.05, 0) is 19.9 Å². The maximum Gasteiger partial charge on any atom is 0.215 e. The van der Waals surface area contributed by atoms with Gasteiger partial charge in [-0.25, -0.2) is 4.98 Å². The highest BCUT2D eigenvalue weighted by Gasteiger charge is 2.04. The molecule has 0 unspecified atom stereocenters. The number of ether oxygens (including phenoxy) is 1. The van der Waals surface area contributed by atoms with Crippen LogP contribution in [-0.2, 0) is 7.05 Å². The van der Waals surface area contributed by atoms with Crippen LogP contribution in [0.3, 0.4) is 0 Å². The van der Waals surface area contributed by atoms with Gasteiger partial charge in [0.25, 0.3) is 0 Å². The third kappa shape index (κ3) is 1.55. The van der Waals surface area contributed by atoms with Crippen molar-refractivity contribution in [1.29, 1.82) is 0 Å². The molecular formula is C10H13N3O. The number of fused-ring (bicyclic) bond motifs is 1. The zero-order valence-electron chi connectivity index (χ0n) is 8.56. The maximum atomic E-state index is 5.49. The Kier molecular flexibility index (Phi) is 2.11. The Bertz CT molecular complexity index is 448. The second kappa shape index (κ2) is 3.29. The van der Waals surface area contributed by atoms with Crippen LogP contribution in [0, 0.1) is 0 Å². The van der Waals surface area contributed by atoms with Crippen molar-refractivity contribution in [2.24, 2.45) is 7.05 Å². The van der Waals surface area contributed by atoms with Gasteiger partial charge in [-0.2, -0.15) is 4.98 Å². The fourth-order valence-electron chi connectivity index (χ4n) is 1.29. The number of nitrogens with zero attached hydrogens (tertiary/aromatic N) is 3. The van der Waals surface area contributed by atoms with Gasteiger partial charge in [0.1, 0.15) is 5.52 Å². The Hall–Kier alpha value is -1.58. The normalized spacial score (nSPS) is 11.1. The van der Waals surface area contributed by atoms with E-state index in [4.69, 9.17) is 4.74 Å². The summed E-state index contributed by atoms with van der Waals surface area (Å²) in [6.45, 7) is 3.96. The zero-order chi connectivity index (χ0) is 10.1. The Morgan fingerprint density at radius 2 is 2.14 bits per heavy atom. The second-order valence-electron chi connectivity index (χ2n) is 3.51. The van der Waals surface area contributed by atoms with Gasteiger partial charge in [-0.1, -0.05) is 0 Å². The third-order valence-electron chi connectivity index (χ3n) is 1.89. The van der Waals surface area contributed by atoms with Crippen LogP contribution in [0.4, 0.5) is 0 Å². The fraction of sp³-hybridized carbons (Fsp3) is 0.400. The SMILES string of the molecule is CC(C)Oc1ccc2ncn(C)c2n1. The van der Waals surface area contributed by atoms with Crippen LogP contribution >= 0.6 is 0 Å². The van der Waals surface area contributed by atoms with E-state index in [1.54, 1.807) is 6.33 Å². The highest BCUT2D eigenvalue weighted by Crippen LogP contribution is 2.15. The summed E-state index contributed by atoms with van der Waals surface area (Å²) in [6, 6.07) is 3.76. The van der Waals surface area contributed by atoms with E-state index in [-0.39, 0.29) is 6.10 Å². The molecule has 0 aromatic carbocycles. The summed E-state index contributed by atoms with van der Waals surface area (Å²) in [4.78, 5) is 8.54. The minimum Gasteiger partial charge on any atom is -0.475 e. The first kappa shape index (κ1) is 8.99. The van der Waals surface area contributed by atoms with Crippen molar-refractivity contribution in [2.75, 3.05) is 0 Å². The molecule has 0 atom stereocenters. The second-order valence-corrected chi connectivity index (χ2v) is 3.51. The first-order valence-electron chi connectivity index (χ1n) is 4.61. The van der Waals surface area contributed by atoms with Crippen molar-refractivity contribution in [3.05, 3.63) is 18.5 Å². The van der Waals surface area contributed by atoms with Gasteiger partial charge in [-0.15, -0.1) is 0 Å². The minimum atomic E-state index is 0.146. The predicted molar refractivity (Wildman–Crippen MR) is 54.3 cm³/mol. The van der Waals surface area contributed by atoms with Crippen LogP contribution in [-0.4, -0.2) is 20.6 Å². The number of aryl methyl sites for hydroxylation is 1. The molecule has 0 bridgehead atoms. The van der Waals surface area contributed by atoms with E-state index in [1.807, 2.05) is 37.6 Å². The largest absolute Gasteiger partial charge is 0.475 e. The first-order chi connectivity index (χ1) is 6.66. The summed E-state index contributed by atoms with van der Waals surface area (Å²) in [5.74, 6) is 0.649. The topological polar surface area (TPSA) is 39.9 Å². The molecule has 2 aromatic heterocycles. The molecule has 0 fully saturated rings. The van der Waals surface area contributed by atoms with E-state index in [2.05, 4.69) is 9.97 Å². The standard InChI is InChI=1S/C10H13N3O/c1-7(2)14-9-5-4-8-10(12-9)13(3)6-11-8/h4-7H,1-3H3. The van der Waals surface area contributed by atoms with E-state index in [9.17, 15) is 0 Å². The number of hydrogen-bond acceptors (Lipinski definition) is 3. The van der Waals surface area contributed by atoms with Crippen molar-refractivity contribution in [2.45, 2.75) is 20.0 Å². The lowest BCUT2D eigenvalue weighted by Crippen LogP contribution is -2.07. The summed E-state index contributed by atoms with van der Waals surface area (Å²) in [7, 11) is 1.92. The predicted octanol–water partition coefficient (Wildman–Crippen LogP) is 1.76. The van der Waals surface area contributed by atoms with Gasteiger partial charge in [0.2, 0.25) is 5.88 Å². The molecule has 14 heavy (non-hydrogen) atoms. The molecule has 0 saturated heterocycles. The number of rotatable bonds is 2. The van der Waals surface area contributed by atoms with Gasteiger partial charge < -0.3 is 9.30 Å². The van der Waals surface area contributed by atoms with Crippen LogP contribution in [0.1, 0.15) is 13.8 Å². The maximum absolute atomic E-state index is 5.49. The van der Waals surface area contributed by atoms with E-state index in [0.29, 0.717) is 5.88 Å². The third-order valence-corrected chi connectivity index (χ3v) is 1.89. The molecule has 2 heterocycles. The van der Waals surface area contributed by atoms with Gasteiger partial charge in [0.15, 0.2) is 5.65 Å². The molecule has 4 heteroatoms. The lowest BCUT2D eigenvalue weighted by Gasteiger charge is -2.07. The fourth-order valence-corrected chi connectivity index (χ4v) is 1.29. The zero-order valence-corrected chi connectivity index (χ0v) is 8.56. The van der Waals surface area contributed by atoms with Crippen LogP contribution in [0.25, 0.3) is 11.2 Å². The molecule has 0 aliphatic rings. The molecule has 0 saturated carbocycles. The molecule has 2 aromatic rings. The van der Waals surface area contributed by atoms with E-state index >= 15 is 0 Å². The van der Waals surface area contributed by atoms with E-state index in [1.165, 1.54) is 0 Å². The first-order valence-corrected chi connectivity index (χ1v) is 4.61. The van der Waals surface area contributed by atoms with Crippen molar-refractivity contribution < 1.29 is 4.74 Å². The highest BCUT2D eigenvalue weighted by atomic mass is 16.5. The summed E-state index contributed by atoms with van der Waals surface area (Å²) >= 11 is 0. The van der Waals surface area contributed by atoms with Crippen molar-refractivity contribution in [3.8, 4) is 5.88 Å². The van der Waals surface area contributed by atoms with Gasteiger partial charge in [0.05, 0.1) is 12.4 Å². The molecule has 0 spiro atoms. The lowest BCUT2D eigenvalue weighted by molar-refractivity contribution is 0.233. The average molecular weight is 191 g/mol. The molecule has 0 aliphatic carbocycles. The summed E-state index contributed by atoms with van der Waals surface area (Å²) < 4.78 is 7.37. The lowest BCUT2D eigenvalue weighted by atomic mass is 10.4.